The number of aliphatic hydroxyl groups is 1. The second-order valence-electron chi connectivity index (χ2n) is 5.97. The zero-order chi connectivity index (χ0) is 14.9. The lowest BCUT2D eigenvalue weighted by molar-refractivity contribution is 0.266. The highest BCUT2D eigenvalue weighted by Crippen LogP contribution is 2.12. The van der Waals surface area contributed by atoms with Gasteiger partial charge in [0.25, 0.3) is 0 Å². The largest absolute Gasteiger partial charge is 0.395 e. The molecule has 2 nitrogen and oxygen atoms in total. The summed E-state index contributed by atoms with van der Waals surface area (Å²) >= 11 is 0. The molecule has 0 aliphatic carbocycles. The van der Waals surface area contributed by atoms with E-state index < -0.39 is 0 Å². The number of allylic oxidation sites excluding steroid dienone is 1. The summed E-state index contributed by atoms with van der Waals surface area (Å²) in [7, 11) is 0. The lowest BCUT2D eigenvalue weighted by Crippen LogP contribution is -2.22. The average molecular weight is 284 g/mol. The number of hydrogen-bond donors (Lipinski definition) is 2. The van der Waals surface area contributed by atoms with Crippen LogP contribution in [0.1, 0.15) is 90.4 Å². The second-order valence-corrected chi connectivity index (χ2v) is 5.97. The topological polar surface area (TPSA) is 46.2 Å². The molecule has 1 atom stereocenters. The number of rotatable bonds is 15. The smallest absolute Gasteiger partial charge is 0.0585 e. The molecule has 120 valence electrons. The lowest BCUT2D eigenvalue weighted by atomic mass is 10.1. The van der Waals surface area contributed by atoms with Crippen molar-refractivity contribution in [1.29, 1.82) is 0 Å². The van der Waals surface area contributed by atoms with Gasteiger partial charge in [-0.3, -0.25) is 0 Å². The third kappa shape index (κ3) is 15.7. The third-order valence-corrected chi connectivity index (χ3v) is 3.81. The minimum absolute atomic E-state index is 0.0800. The van der Waals surface area contributed by atoms with Crippen LogP contribution in [0.25, 0.3) is 0 Å². The van der Waals surface area contributed by atoms with Crippen molar-refractivity contribution >= 4 is 0 Å². The van der Waals surface area contributed by atoms with Crippen molar-refractivity contribution in [2.75, 3.05) is 6.61 Å². The van der Waals surface area contributed by atoms with Crippen LogP contribution in [0.3, 0.4) is 0 Å². The first-order valence-corrected chi connectivity index (χ1v) is 8.82. The zero-order valence-corrected chi connectivity index (χ0v) is 13.7. The van der Waals surface area contributed by atoms with Gasteiger partial charge in [-0.1, -0.05) is 83.3 Å². The monoisotopic (exact) mass is 283 g/mol. The molecule has 2 heteroatoms. The van der Waals surface area contributed by atoms with Crippen molar-refractivity contribution in [2.45, 2.75) is 96.4 Å². The minimum Gasteiger partial charge on any atom is -0.395 e. The molecule has 0 saturated carbocycles. The fraction of sp³-hybridized carbons (Fsp3) is 0.889. The minimum atomic E-state index is -0.0800. The Morgan fingerprint density at radius 3 is 1.80 bits per heavy atom. The molecular weight excluding hydrogens is 246 g/mol. The average Bonchev–Trinajstić information content (AvgIpc) is 2.47. The molecule has 0 aromatic rings. The molecule has 0 heterocycles. The van der Waals surface area contributed by atoms with Crippen LogP contribution < -0.4 is 5.73 Å². The Morgan fingerprint density at radius 1 is 0.800 bits per heavy atom. The van der Waals surface area contributed by atoms with Gasteiger partial charge in [-0.25, -0.2) is 0 Å². The molecule has 20 heavy (non-hydrogen) atoms. The molecule has 0 aromatic carbocycles. The maximum atomic E-state index is 8.78. The molecule has 3 N–H and O–H groups in total. The van der Waals surface area contributed by atoms with E-state index in [1.54, 1.807) is 0 Å². The summed E-state index contributed by atoms with van der Waals surface area (Å²) in [5.41, 5.74) is 5.62. The van der Waals surface area contributed by atoms with Gasteiger partial charge in [-0.05, 0) is 19.3 Å². The molecule has 0 radical (unpaired) electrons. The van der Waals surface area contributed by atoms with Gasteiger partial charge in [0, 0.05) is 6.04 Å². The van der Waals surface area contributed by atoms with Crippen LogP contribution in [0.2, 0.25) is 0 Å². The summed E-state index contributed by atoms with van der Waals surface area (Å²) in [5, 5.41) is 8.78. The summed E-state index contributed by atoms with van der Waals surface area (Å²) in [5.74, 6) is 0. The lowest BCUT2D eigenvalue weighted by Gasteiger charge is -2.03. The Balaban J connectivity index is 3.06. The van der Waals surface area contributed by atoms with E-state index in [4.69, 9.17) is 10.8 Å². The van der Waals surface area contributed by atoms with E-state index in [1.807, 2.05) is 0 Å². The van der Waals surface area contributed by atoms with E-state index in [-0.39, 0.29) is 12.6 Å². The third-order valence-electron chi connectivity index (χ3n) is 3.81. The van der Waals surface area contributed by atoms with Gasteiger partial charge < -0.3 is 10.8 Å². The fourth-order valence-corrected chi connectivity index (χ4v) is 2.39. The SMILES string of the molecule is CCCCCCCCCCCCC/C=C/C[C@H](N)CO. The van der Waals surface area contributed by atoms with Crippen molar-refractivity contribution in [2.24, 2.45) is 5.73 Å². The van der Waals surface area contributed by atoms with Crippen molar-refractivity contribution in [1.82, 2.24) is 0 Å². The van der Waals surface area contributed by atoms with Crippen LogP contribution >= 0.6 is 0 Å². The number of unbranched alkanes of at least 4 members (excludes halogenated alkanes) is 11. The van der Waals surface area contributed by atoms with Crippen molar-refractivity contribution in [3.63, 3.8) is 0 Å². The van der Waals surface area contributed by atoms with Crippen LogP contribution in [0.5, 0.6) is 0 Å². The fourth-order valence-electron chi connectivity index (χ4n) is 2.39. The van der Waals surface area contributed by atoms with Crippen LogP contribution in [-0.4, -0.2) is 17.8 Å². The normalized spacial score (nSPS) is 13.2. The van der Waals surface area contributed by atoms with E-state index in [0.29, 0.717) is 0 Å². The summed E-state index contributed by atoms with van der Waals surface area (Å²) in [6.07, 6.45) is 21.7. The molecule has 0 aliphatic rings. The van der Waals surface area contributed by atoms with E-state index in [0.717, 1.165) is 12.8 Å². The van der Waals surface area contributed by atoms with Gasteiger partial charge in [0.1, 0.15) is 0 Å². The van der Waals surface area contributed by atoms with Crippen molar-refractivity contribution in [3.05, 3.63) is 12.2 Å². The predicted octanol–water partition coefficient (Wildman–Crippen LogP) is 4.95. The van der Waals surface area contributed by atoms with E-state index >= 15 is 0 Å². The van der Waals surface area contributed by atoms with E-state index in [1.165, 1.54) is 70.6 Å². The summed E-state index contributed by atoms with van der Waals surface area (Å²) in [6, 6.07) is -0.0800. The highest BCUT2D eigenvalue weighted by atomic mass is 16.3. The van der Waals surface area contributed by atoms with Crippen molar-refractivity contribution < 1.29 is 5.11 Å². The Kier molecular flexibility index (Phi) is 16.4. The van der Waals surface area contributed by atoms with Gasteiger partial charge in [-0.15, -0.1) is 0 Å². The van der Waals surface area contributed by atoms with Gasteiger partial charge >= 0.3 is 0 Å². The van der Waals surface area contributed by atoms with Crippen LogP contribution in [-0.2, 0) is 0 Å². The number of aliphatic hydroxyl groups excluding tert-OH is 1. The molecule has 0 bridgehead atoms. The summed E-state index contributed by atoms with van der Waals surface area (Å²) < 4.78 is 0. The molecule has 0 unspecified atom stereocenters. The Hall–Kier alpha value is -0.340. The quantitative estimate of drug-likeness (QED) is 0.330. The molecule has 0 fully saturated rings. The van der Waals surface area contributed by atoms with Crippen LogP contribution in [0.15, 0.2) is 12.2 Å². The highest BCUT2D eigenvalue weighted by molar-refractivity contribution is 4.85. The first kappa shape index (κ1) is 19.7. The predicted molar refractivity (Wildman–Crippen MR) is 89.9 cm³/mol. The van der Waals surface area contributed by atoms with Gasteiger partial charge in [0.2, 0.25) is 0 Å². The van der Waals surface area contributed by atoms with Gasteiger partial charge in [0.05, 0.1) is 6.61 Å². The van der Waals surface area contributed by atoms with Gasteiger partial charge in [-0.2, -0.15) is 0 Å². The first-order valence-electron chi connectivity index (χ1n) is 8.82. The number of hydrogen-bond acceptors (Lipinski definition) is 2. The van der Waals surface area contributed by atoms with E-state index in [9.17, 15) is 0 Å². The molecule has 0 rings (SSSR count). The molecule has 0 spiro atoms. The molecule has 0 saturated heterocycles. The Bertz CT molecular complexity index is 204. The van der Waals surface area contributed by atoms with Gasteiger partial charge in [0.15, 0.2) is 0 Å². The maximum Gasteiger partial charge on any atom is 0.0585 e. The molecule has 0 amide bonds. The zero-order valence-electron chi connectivity index (χ0n) is 13.7. The standard InChI is InChI=1S/C18H37NO/c1-2-3-4-5-6-7-8-9-10-11-12-13-14-15-16-18(19)17-20/h14-15,18,20H,2-13,16-17,19H2,1H3/b15-14+/t18-/m0/s1. The summed E-state index contributed by atoms with van der Waals surface area (Å²) in [6.45, 7) is 2.36. The van der Waals surface area contributed by atoms with Crippen molar-refractivity contribution in [3.8, 4) is 0 Å². The maximum absolute atomic E-state index is 8.78. The molecule has 0 aliphatic heterocycles. The van der Waals surface area contributed by atoms with Crippen LogP contribution in [0, 0.1) is 0 Å². The highest BCUT2D eigenvalue weighted by Gasteiger charge is 1.95. The Morgan fingerprint density at radius 2 is 1.30 bits per heavy atom. The second kappa shape index (κ2) is 16.7. The molecular formula is C18H37NO. The van der Waals surface area contributed by atoms with E-state index in [2.05, 4.69) is 19.1 Å². The first-order chi connectivity index (χ1) is 9.81. The molecule has 0 aromatic heterocycles. The Labute approximate surface area is 126 Å². The number of nitrogens with two attached hydrogens (primary N) is 1. The van der Waals surface area contributed by atoms with Crippen LogP contribution in [0.4, 0.5) is 0 Å². The summed E-state index contributed by atoms with van der Waals surface area (Å²) in [4.78, 5) is 0.